The van der Waals surface area contributed by atoms with Gasteiger partial charge in [0.1, 0.15) is 0 Å². The van der Waals surface area contributed by atoms with E-state index in [0.717, 1.165) is 5.56 Å². The van der Waals surface area contributed by atoms with Crippen LogP contribution < -0.4 is 0 Å². The third kappa shape index (κ3) is 2.36. The molecule has 0 fully saturated rings. The summed E-state index contributed by atoms with van der Waals surface area (Å²) in [5.41, 5.74) is 2.12. The first kappa shape index (κ1) is 10.2. The van der Waals surface area contributed by atoms with Gasteiger partial charge < -0.3 is 4.42 Å². The van der Waals surface area contributed by atoms with E-state index in [0.29, 0.717) is 24.1 Å². The molecule has 0 N–H and O–H groups in total. The molecule has 0 aliphatic rings. The summed E-state index contributed by atoms with van der Waals surface area (Å²) in [5, 5.41) is 7.88. The number of nitrogens with zero attached hydrogens (tertiary/aromatic N) is 2. The van der Waals surface area contributed by atoms with Gasteiger partial charge in [-0.05, 0) is 19.1 Å². The second kappa shape index (κ2) is 4.45. The summed E-state index contributed by atoms with van der Waals surface area (Å²) in [5.74, 6) is 1.63. The maximum Gasteiger partial charge on any atom is 0.247 e. The molecule has 0 aliphatic carbocycles. The summed E-state index contributed by atoms with van der Waals surface area (Å²) in [6.45, 7) is 2.03. The molecular formula is C11H11ClN2O. The normalized spacial score (nSPS) is 10.5. The van der Waals surface area contributed by atoms with Crippen LogP contribution in [0.1, 0.15) is 11.5 Å². The van der Waals surface area contributed by atoms with E-state index in [1.807, 2.05) is 31.2 Å². The molecule has 3 nitrogen and oxygen atoms in total. The minimum absolute atomic E-state index is 0.495. The van der Waals surface area contributed by atoms with Crippen molar-refractivity contribution in [3.63, 3.8) is 0 Å². The maximum atomic E-state index is 5.59. The highest BCUT2D eigenvalue weighted by molar-refractivity contribution is 6.17. The molecule has 1 aromatic heterocycles. The summed E-state index contributed by atoms with van der Waals surface area (Å²) in [6, 6.07) is 7.96. The van der Waals surface area contributed by atoms with Gasteiger partial charge >= 0.3 is 0 Å². The van der Waals surface area contributed by atoms with Gasteiger partial charge in [0, 0.05) is 17.9 Å². The lowest BCUT2D eigenvalue weighted by atomic mass is 10.1. The van der Waals surface area contributed by atoms with Gasteiger partial charge in [0.05, 0.1) is 0 Å². The molecule has 0 aliphatic heterocycles. The van der Waals surface area contributed by atoms with E-state index in [1.165, 1.54) is 5.56 Å². The van der Waals surface area contributed by atoms with Gasteiger partial charge in [0.2, 0.25) is 11.8 Å². The molecule has 0 amide bonds. The van der Waals surface area contributed by atoms with Crippen LogP contribution in [0, 0.1) is 6.92 Å². The maximum absolute atomic E-state index is 5.59. The van der Waals surface area contributed by atoms with Crippen molar-refractivity contribution in [2.75, 3.05) is 5.88 Å². The molecule has 0 radical (unpaired) electrons. The van der Waals surface area contributed by atoms with Crippen molar-refractivity contribution in [2.24, 2.45) is 0 Å². The molecule has 1 heterocycles. The Hall–Kier alpha value is -1.35. The largest absolute Gasteiger partial charge is 0.421 e. The lowest BCUT2D eigenvalue weighted by Crippen LogP contribution is -1.84. The van der Waals surface area contributed by atoms with Crippen molar-refractivity contribution in [3.8, 4) is 11.5 Å². The number of alkyl halides is 1. The van der Waals surface area contributed by atoms with Crippen LogP contribution in [0.25, 0.3) is 11.5 Å². The summed E-state index contributed by atoms with van der Waals surface area (Å²) < 4.78 is 5.46. The molecule has 0 saturated heterocycles. The van der Waals surface area contributed by atoms with E-state index < -0.39 is 0 Å². The molecule has 15 heavy (non-hydrogen) atoms. The molecule has 1 aromatic carbocycles. The lowest BCUT2D eigenvalue weighted by Gasteiger charge is -1.95. The number of hydrogen-bond acceptors (Lipinski definition) is 3. The number of aryl methyl sites for hydroxylation is 2. The van der Waals surface area contributed by atoms with E-state index >= 15 is 0 Å². The van der Waals surface area contributed by atoms with Crippen LogP contribution >= 0.6 is 11.6 Å². The lowest BCUT2D eigenvalue weighted by molar-refractivity contribution is 0.513. The Morgan fingerprint density at radius 2 is 2.20 bits per heavy atom. The predicted octanol–water partition coefficient (Wildman–Crippen LogP) is 2.83. The summed E-state index contributed by atoms with van der Waals surface area (Å²) >= 11 is 5.59. The van der Waals surface area contributed by atoms with Crippen LogP contribution in [0.2, 0.25) is 0 Å². The van der Waals surface area contributed by atoms with Crippen molar-refractivity contribution in [2.45, 2.75) is 13.3 Å². The van der Waals surface area contributed by atoms with Gasteiger partial charge in [-0.25, -0.2) is 0 Å². The summed E-state index contributed by atoms with van der Waals surface area (Å²) in [6.07, 6.45) is 0.611. The van der Waals surface area contributed by atoms with Gasteiger partial charge in [-0.1, -0.05) is 17.7 Å². The van der Waals surface area contributed by atoms with Gasteiger partial charge in [-0.3, -0.25) is 0 Å². The van der Waals surface area contributed by atoms with Gasteiger partial charge in [-0.15, -0.1) is 21.8 Å². The zero-order valence-electron chi connectivity index (χ0n) is 8.40. The average molecular weight is 223 g/mol. The number of aromatic nitrogens is 2. The second-order valence-corrected chi connectivity index (χ2v) is 3.69. The highest BCUT2D eigenvalue weighted by Gasteiger charge is 2.07. The van der Waals surface area contributed by atoms with Crippen molar-refractivity contribution in [1.82, 2.24) is 10.2 Å². The van der Waals surface area contributed by atoms with Crippen LogP contribution in [-0.2, 0) is 6.42 Å². The van der Waals surface area contributed by atoms with Crippen molar-refractivity contribution >= 4 is 11.6 Å². The highest BCUT2D eigenvalue weighted by atomic mass is 35.5. The molecule has 0 saturated carbocycles. The standard InChI is InChI=1S/C11H11ClN2O/c1-8-3-2-4-9(7-8)11-14-13-10(15-11)5-6-12/h2-4,7H,5-6H2,1H3. The van der Waals surface area contributed by atoms with Crippen LogP contribution in [0.5, 0.6) is 0 Å². The first-order valence-electron chi connectivity index (χ1n) is 4.75. The molecule has 2 aromatic rings. The Morgan fingerprint density at radius 3 is 2.93 bits per heavy atom. The third-order valence-corrected chi connectivity index (χ3v) is 2.23. The van der Waals surface area contributed by atoms with Crippen LogP contribution in [-0.4, -0.2) is 16.1 Å². The Morgan fingerprint density at radius 1 is 1.33 bits per heavy atom. The van der Waals surface area contributed by atoms with Crippen molar-refractivity contribution in [1.29, 1.82) is 0 Å². The fraction of sp³-hybridized carbons (Fsp3) is 0.273. The fourth-order valence-electron chi connectivity index (χ4n) is 1.33. The summed E-state index contributed by atoms with van der Waals surface area (Å²) in [4.78, 5) is 0. The Balaban J connectivity index is 2.29. The third-order valence-electron chi connectivity index (χ3n) is 2.04. The highest BCUT2D eigenvalue weighted by Crippen LogP contribution is 2.18. The zero-order chi connectivity index (χ0) is 10.7. The molecule has 2 rings (SSSR count). The molecule has 4 heteroatoms. The van der Waals surface area contributed by atoms with Gasteiger partial charge in [-0.2, -0.15) is 0 Å². The van der Waals surface area contributed by atoms with Crippen LogP contribution in [0.4, 0.5) is 0 Å². The number of halogens is 1. The minimum atomic E-state index is 0.495. The topological polar surface area (TPSA) is 38.9 Å². The van der Waals surface area contributed by atoms with E-state index in [1.54, 1.807) is 0 Å². The number of rotatable bonds is 3. The molecule has 78 valence electrons. The molecule has 0 spiro atoms. The fourth-order valence-corrected chi connectivity index (χ4v) is 1.49. The zero-order valence-corrected chi connectivity index (χ0v) is 9.16. The smallest absolute Gasteiger partial charge is 0.247 e. The Bertz CT molecular complexity index is 453. The molecule has 0 bridgehead atoms. The van der Waals surface area contributed by atoms with E-state index in [2.05, 4.69) is 10.2 Å². The van der Waals surface area contributed by atoms with Gasteiger partial charge in [0.25, 0.3) is 0 Å². The quantitative estimate of drug-likeness (QED) is 0.750. The first-order valence-corrected chi connectivity index (χ1v) is 5.28. The predicted molar refractivity (Wildman–Crippen MR) is 58.9 cm³/mol. The van der Waals surface area contributed by atoms with Gasteiger partial charge in [0.15, 0.2) is 0 Å². The minimum Gasteiger partial charge on any atom is -0.421 e. The monoisotopic (exact) mass is 222 g/mol. The average Bonchev–Trinajstić information content (AvgIpc) is 2.67. The Labute approximate surface area is 93.1 Å². The number of hydrogen-bond donors (Lipinski definition) is 0. The first-order chi connectivity index (χ1) is 7.29. The molecule has 0 atom stereocenters. The van der Waals surface area contributed by atoms with E-state index in [4.69, 9.17) is 16.0 Å². The van der Waals surface area contributed by atoms with Crippen LogP contribution in [0.3, 0.4) is 0 Å². The van der Waals surface area contributed by atoms with E-state index in [9.17, 15) is 0 Å². The second-order valence-electron chi connectivity index (χ2n) is 3.31. The SMILES string of the molecule is Cc1cccc(-c2nnc(CCCl)o2)c1. The Kier molecular flexibility index (Phi) is 3.02. The number of benzene rings is 1. The molecular weight excluding hydrogens is 212 g/mol. The van der Waals surface area contributed by atoms with Crippen molar-refractivity contribution in [3.05, 3.63) is 35.7 Å². The summed E-state index contributed by atoms with van der Waals surface area (Å²) in [7, 11) is 0. The van der Waals surface area contributed by atoms with Crippen molar-refractivity contribution < 1.29 is 4.42 Å². The van der Waals surface area contributed by atoms with E-state index in [-0.39, 0.29) is 0 Å². The van der Waals surface area contributed by atoms with Crippen LogP contribution in [0.15, 0.2) is 28.7 Å². The molecule has 0 unspecified atom stereocenters.